The Hall–Kier alpha value is -2.93. The molecule has 1 aliphatic heterocycles. The first kappa shape index (κ1) is 15.6. The minimum atomic E-state index is -0.0721. The first-order chi connectivity index (χ1) is 12.3. The number of rotatable bonds is 4. The molecule has 0 atom stereocenters. The molecule has 7 nitrogen and oxygen atoms in total. The van der Waals surface area contributed by atoms with Gasteiger partial charge in [0, 0.05) is 44.3 Å². The molecule has 3 aromatic heterocycles. The number of hydrogen-bond acceptors (Lipinski definition) is 7. The fraction of sp³-hybridized carbons (Fsp3) is 0.278. The van der Waals surface area contributed by atoms with Crippen LogP contribution in [0.3, 0.4) is 0 Å². The van der Waals surface area contributed by atoms with Crippen LogP contribution in [0.2, 0.25) is 0 Å². The van der Waals surface area contributed by atoms with E-state index in [1.165, 1.54) is 0 Å². The van der Waals surface area contributed by atoms with Crippen molar-refractivity contribution >= 4 is 22.7 Å². The van der Waals surface area contributed by atoms with Crippen LogP contribution in [-0.4, -0.2) is 36.3 Å². The maximum atomic E-state index is 12.5. The molecule has 0 unspecified atom stereocenters. The normalized spacial score (nSPS) is 14.6. The molecule has 1 N–H and O–H groups in total. The fourth-order valence-corrected chi connectivity index (χ4v) is 2.82. The van der Waals surface area contributed by atoms with Gasteiger partial charge >= 0.3 is 0 Å². The topological polar surface area (TPSA) is 80.5 Å². The Morgan fingerprint density at radius 1 is 1.12 bits per heavy atom. The lowest BCUT2D eigenvalue weighted by Gasteiger charge is -2.27. The monoisotopic (exact) mass is 338 g/mol. The predicted molar refractivity (Wildman–Crippen MR) is 94.9 cm³/mol. The largest absolute Gasteiger partial charge is 0.436 e. The summed E-state index contributed by atoms with van der Waals surface area (Å²) in [6.45, 7) is 3.23. The maximum Gasteiger partial charge on any atom is 0.200 e. The highest BCUT2D eigenvalue weighted by Gasteiger charge is 2.17. The van der Waals surface area contributed by atoms with E-state index in [2.05, 4.69) is 15.3 Å². The average molecular weight is 338 g/mol. The number of ether oxygens (including phenoxy) is 1. The van der Waals surface area contributed by atoms with Crippen molar-refractivity contribution in [2.24, 2.45) is 0 Å². The van der Waals surface area contributed by atoms with Crippen molar-refractivity contribution in [3.63, 3.8) is 0 Å². The van der Waals surface area contributed by atoms with Gasteiger partial charge in [-0.2, -0.15) is 0 Å². The molecule has 1 saturated heterocycles. The highest BCUT2D eigenvalue weighted by atomic mass is 16.5. The van der Waals surface area contributed by atoms with Crippen molar-refractivity contribution in [1.29, 1.82) is 0 Å². The molecular formula is C18H18N4O3. The minimum absolute atomic E-state index is 0.0721. The first-order valence-corrected chi connectivity index (χ1v) is 8.19. The van der Waals surface area contributed by atoms with E-state index >= 15 is 0 Å². The van der Waals surface area contributed by atoms with Crippen molar-refractivity contribution < 1.29 is 9.15 Å². The van der Waals surface area contributed by atoms with E-state index in [-0.39, 0.29) is 5.43 Å². The number of nitrogens with one attached hydrogen (secondary N) is 1. The predicted octanol–water partition coefficient (Wildman–Crippen LogP) is 2.03. The summed E-state index contributed by atoms with van der Waals surface area (Å²) < 4.78 is 11.4. The number of hydrogen-bond donors (Lipinski definition) is 1. The highest BCUT2D eigenvalue weighted by molar-refractivity contribution is 5.86. The van der Waals surface area contributed by atoms with Gasteiger partial charge in [0.25, 0.3) is 0 Å². The summed E-state index contributed by atoms with van der Waals surface area (Å²) in [6, 6.07) is 7.07. The van der Waals surface area contributed by atoms with Gasteiger partial charge in [0.05, 0.1) is 18.6 Å². The van der Waals surface area contributed by atoms with E-state index in [1.54, 1.807) is 30.7 Å². The van der Waals surface area contributed by atoms with Gasteiger partial charge in [-0.15, -0.1) is 0 Å². The fourth-order valence-electron chi connectivity index (χ4n) is 2.82. The first-order valence-electron chi connectivity index (χ1n) is 8.19. The molecule has 25 heavy (non-hydrogen) atoms. The molecular weight excluding hydrogens is 320 g/mol. The molecule has 0 saturated carbocycles. The van der Waals surface area contributed by atoms with Gasteiger partial charge in [-0.1, -0.05) is 0 Å². The van der Waals surface area contributed by atoms with Gasteiger partial charge < -0.3 is 19.4 Å². The smallest absolute Gasteiger partial charge is 0.200 e. The Morgan fingerprint density at radius 3 is 2.72 bits per heavy atom. The number of fused-ring (bicyclic) bond motifs is 1. The van der Waals surface area contributed by atoms with Gasteiger partial charge in [0.15, 0.2) is 22.7 Å². The molecule has 0 spiro atoms. The molecule has 4 rings (SSSR count). The molecule has 1 fully saturated rings. The molecule has 128 valence electrons. The van der Waals surface area contributed by atoms with E-state index in [9.17, 15) is 4.79 Å². The van der Waals surface area contributed by atoms with E-state index in [1.807, 2.05) is 17.0 Å². The van der Waals surface area contributed by atoms with Crippen LogP contribution < -0.4 is 15.6 Å². The van der Waals surface area contributed by atoms with Gasteiger partial charge in [-0.25, -0.2) is 4.98 Å². The lowest BCUT2D eigenvalue weighted by atomic mass is 10.2. The summed E-state index contributed by atoms with van der Waals surface area (Å²) in [6.07, 6.45) is 5.09. The summed E-state index contributed by atoms with van der Waals surface area (Å²) in [4.78, 5) is 22.9. The third kappa shape index (κ3) is 3.32. The van der Waals surface area contributed by atoms with E-state index in [0.29, 0.717) is 55.5 Å². The Kier molecular flexibility index (Phi) is 4.30. The minimum Gasteiger partial charge on any atom is -0.436 e. The summed E-state index contributed by atoms with van der Waals surface area (Å²) in [5, 5.41) is 3.76. The molecule has 0 aliphatic carbocycles. The van der Waals surface area contributed by atoms with Crippen LogP contribution in [0.5, 0.6) is 0 Å². The Bertz CT molecular complexity index is 921. The van der Waals surface area contributed by atoms with Gasteiger partial charge in [0.2, 0.25) is 0 Å². The maximum absolute atomic E-state index is 12.5. The third-order valence-electron chi connectivity index (χ3n) is 4.16. The second-order valence-corrected chi connectivity index (χ2v) is 5.79. The summed E-state index contributed by atoms with van der Waals surface area (Å²) >= 11 is 0. The molecule has 7 heteroatoms. The molecule has 0 radical (unpaired) electrons. The van der Waals surface area contributed by atoms with Crippen molar-refractivity contribution in [1.82, 2.24) is 9.97 Å². The molecule has 1 aliphatic rings. The van der Waals surface area contributed by atoms with Crippen molar-refractivity contribution in [2.45, 2.75) is 6.54 Å². The van der Waals surface area contributed by atoms with Crippen LogP contribution in [0, 0.1) is 0 Å². The zero-order valence-electron chi connectivity index (χ0n) is 13.6. The van der Waals surface area contributed by atoms with E-state index in [4.69, 9.17) is 9.15 Å². The number of nitrogens with zero attached hydrogens (tertiary/aromatic N) is 3. The van der Waals surface area contributed by atoms with Crippen LogP contribution in [0.1, 0.15) is 5.56 Å². The summed E-state index contributed by atoms with van der Waals surface area (Å²) in [7, 11) is 0. The van der Waals surface area contributed by atoms with Crippen LogP contribution in [0.25, 0.3) is 11.0 Å². The Morgan fingerprint density at radius 2 is 1.92 bits per heavy atom. The molecule has 4 heterocycles. The highest BCUT2D eigenvalue weighted by Crippen LogP contribution is 2.24. The standard InChI is InChI=1S/C18H18N4O3/c23-15-11-16(22-7-9-24-10-8-22)25-17-14(15)3-6-20-18(17)21-12-13-1-4-19-5-2-13/h1-6,11H,7-10,12H2,(H,20,21). The number of anilines is 2. The second-order valence-electron chi connectivity index (χ2n) is 5.79. The summed E-state index contributed by atoms with van der Waals surface area (Å²) in [5.41, 5.74) is 1.48. The van der Waals surface area contributed by atoms with Crippen LogP contribution in [0.4, 0.5) is 11.7 Å². The van der Waals surface area contributed by atoms with Crippen LogP contribution >= 0.6 is 0 Å². The van der Waals surface area contributed by atoms with E-state index in [0.717, 1.165) is 5.56 Å². The van der Waals surface area contributed by atoms with Gasteiger partial charge in [-0.3, -0.25) is 9.78 Å². The lowest BCUT2D eigenvalue weighted by molar-refractivity contribution is 0.121. The third-order valence-corrected chi connectivity index (χ3v) is 4.16. The van der Waals surface area contributed by atoms with Crippen LogP contribution in [0.15, 0.2) is 52.1 Å². The molecule has 3 aromatic rings. The lowest BCUT2D eigenvalue weighted by Crippen LogP contribution is -2.36. The number of aromatic nitrogens is 2. The van der Waals surface area contributed by atoms with Gasteiger partial charge in [0.1, 0.15) is 0 Å². The van der Waals surface area contributed by atoms with Crippen molar-refractivity contribution in [2.75, 3.05) is 36.5 Å². The molecule has 0 bridgehead atoms. The van der Waals surface area contributed by atoms with Crippen molar-refractivity contribution in [3.05, 3.63) is 58.6 Å². The summed E-state index contributed by atoms with van der Waals surface area (Å²) in [5.74, 6) is 1.11. The Labute approximate surface area is 144 Å². The second kappa shape index (κ2) is 6.90. The Balaban J connectivity index is 1.68. The zero-order valence-corrected chi connectivity index (χ0v) is 13.6. The van der Waals surface area contributed by atoms with Crippen LogP contribution in [-0.2, 0) is 11.3 Å². The average Bonchev–Trinajstić information content (AvgIpc) is 2.68. The zero-order chi connectivity index (χ0) is 17.1. The van der Waals surface area contributed by atoms with E-state index < -0.39 is 0 Å². The molecule has 0 amide bonds. The van der Waals surface area contributed by atoms with Crippen molar-refractivity contribution in [3.8, 4) is 0 Å². The molecule has 0 aromatic carbocycles. The number of pyridine rings is 2. The number of morpholine rings is 1. The quantitative estimate of drug-likeness (QED) is 0.779. The SMILES string of the molecule is O=c1cc(N2CCOCC2)oc2c(NCc3ccncc3)nccc12. The van der Waals surface area contributed by atoms with Gasteiger partial charge in [-0.05, 0) is 23.8 Å².